The van der Waals surface area contributed by atoms with Gasteiger partial charge in [-0.2, -0.15) is 5.21 Å². The van der Waals surface area contributed by atoms with Gasteiger partial charge in [-0.05, 0) is 41.2 Å². The predicted molar refractivity (Wildman–Crippen MR) is 125 cm³/mol. The zero-order chi connectivity index (χ0) is 22.8. The average Bonchev–Trinajstić information content (AvgIpc) is 3.56. The van der Waals surface area contributed by atoms with Crippen LogP contribution in [0.15, 0.2) is 53.5 Å². The van der Waals surface area contributed by atoms with Crippen LogP contribution in [0.25, 0.3) is 22.5 Å². The van der Waals surface area contributed by atoms with Gasteiger partial charge >= 0.3 is 0 Å². The number of unbranched alkanes of at least 4 members (excludes halogenated alkanes) is 1. The number of aliphatic hydroxyl groups is 1. The summed E-state index contributed by atoms with van der Waals surface area (Å²) in [7, 11) is 0. The smallest absolute Gasteiger partial charge is 0.256 e. The van der Waals surface area contributed by atoms with Gasteiger partial charge in [-0.3, -0.25) is 14.7 Å². The van der Waals surface area contributed by atoms with Crippen molar-refractivity contribution < 1.29 is 9.90 Å². The van der Waals surface area contributed by atoms with E-state index < -0.39 is 11.6 Å². The summed E-state index contributed by atoms with van der Waals surface area (Å²) in [6.45, 7) is 2.63. The Morgan fingerprint density at radius 2 is 1.94 bits per heavy atom. The maximum Gasteiger partial charge on any atom is 0.256 e. The van der Waals surface area contributed by atoms with Crippen LogP contribution in [0.3, 0.4) is 0 Å². The SMILES string of the molecule is CCCCC1=NC2(CCC(O)C2)C(=O)N1Cc1ccc(-c2ccccc2-c2nn[nH]n2)cc1. The molecule has 0 bridgehead atoms. The number of aromatic nitrogens is 4. The molecule has 2 unspecified atom stereocenters. The van der Waals surface area contributed by atoms with Crippen molar-refractivity contribution in [3.05, 3.63) is 54.1 Å². The largest absolute Gasteiger partial charge is 0.393 e. The van der Waals surface area contributed by atoms with Crippen molar-refractivity contribution in [2.24, 2.45) is 4.99 Å². The molecule has 1 aromatic heterocycles. The quantitative estimate of drug-likeness (QED) is 0.577. The van der Waals surface area contributed by atoms with Gasteiger partial charge in [0.2, 0.25) is 5.82 Å². The third-order valence-corrected chi connectivity index (χ3v) is 6.64. The molecular weight excluding hydrogens is 416 g/mol. The van der Waals surface area contributed by atoms with Crippen LogP contribution >= 0.6 is 0 Å². The Kier molecular flexibility index (Phi) is 5.76. The van der Waals surface area contributed by atoms with Crippen molar-refractivity contribution in [2.45, 2.75) is 63.6 Å². The number of carbonyl (C=O) groups is 1. The Labute approximate surface area is 192 Å². The molecule has 1 aliphatic carbocycles. The number of hydrogen-bond donors (Lipinski definition) is 2. The van der Waals surface area contributed by atoms with Crippen molar-refractivity contribution in [3.63, 3.8) is 0 Å². The first-order chi connectivity index (χ1) is 16.1. The van der Waals surface area contributed by atoms with Crippen molar-refractivity contribution in [2.75, 3.05) is 0 Å². The van der Waals surface area contributed by atoms with Crippen LogP contribution in [0.1, 0.15) is 51.0 Å². The molecule has 33 heavy (non-hydrogen) atoms. The molecule has 2 atom stereocenters. The normalized spacial score (nSPS) is 22.4. The number of amides is 1. The van der Waals surface area contributed by atoms with Gasteiger partial charge in [-0.25, -0.2) is 0 Å². The van der Waals surface area contributed by atoms with Crippen molar-refractivity contribution in [1.29, 1.82) is 0 Å². The maximum atomic E-state index is 13.4. The minimum absolute atomic E-state index is 0.0386. The van der Waals surface area contributed by atoms with E-state index >= 15 is 0 Å². The van der Waals surface area contributed by atoms with E-state index in [1.165, 1.54) is 0 Å². The molecule has 2 aromatic carbocycles. The van der Waals surface area contributed by atoms with Gasteiger partial charge in [0.05, 0.1) is 12.6 Å². The number of aromatic amines is 1. The molecule has 2 N–H and O–H groups in total. The number of benzene rings is 2. The van der Waals surface area contributed by atoms with Gasteiger partial charge < -0.3 is 5.11 Å². The van der Waals surface area contributed by atoms with Gasteiger partial charge in [0.1, 0.15) is 11.4 Å². The molecule has 1 aliphatic heterocycles. The number of tetrazole rings is 1. The second kappa shape index (κ2) is 8.86. The molecule has 1 spiro atoms. The first kappa shape index (κ1) is 21.5. The second-order valence-corrected chi connectivity index (χ2v) is 8.93. The van der Waals surface area contributed by atoms with Crippen LogP contribution in [0, 0.1) is 0 Å². The monoisotopic (exact) mass is 444 g/mol. The number of aliphatic hydroxyl groups excluding tert-OH is 1. The molecule has 1 saturated carbocycles. The lowest BCUT2D eigenvalue weighted by atomic mass is 9.97. The highest BCUT2D eigenvalue weighted by Crippen LogP contribution is 2.40. The lowest BCUT2D eigenvalue weighted by Crippen LogP contribution is -2.41. The molecule has 8 nitrogen and oxygen atoms in total. The van der Waals surface area contributed by atoms with Crippen LogP contribution in [-0.4, -0.2) is 54.0 Å². The average molecular weight is 445 g/mol. The summed E-state index contributed by atoms with van der Waals surface area (Å²) in [5, 5.41) is 24.5. The fourth-order valence-electron chi connectivity index (χ4n) is 4.89. The summed E-state index contributed by atoms with van der Waals surface area (Å²) < 4.78 is 0. The number of carbonyl (C=O) groups excluding carboxylic acids is 1. The predicted octanol–water partition coefficient (Wildman–Crippen LogP) is 3.75. The lowest BCUT2D eigenvalue weighted by Gasteiger charge is -2.23. The molecule has 5 rings (SSSR count). The third kappa shape index (κ3) is 4.06. The summed E-state index contributed by atoms with van der Waals surface area (Å²) >= 11 is 0. The zero-order valence-corrected chi connectivity index (χ0v) is 18.7. The Bertz CT molecular complexity index is 1160. The van der Waals surface area contributed by atoms with Gasteiger partial charge in [0.25, 0.3) is 5.91 Å². The van der Waals surface area contributed by atoms with E-state index in [-0.39, 0.29) is 5.91 Å². The minimum atomic E-state index is -0.758. The lowest BCUT2D eigenvalue weighted by molar-refractivity contribution is -0.131. The van der Waals surface area contributed by atoms with E-state index in [0.717, 1.165) is 47.4 Å². The number of hydrogen-bond acceptors (Lipinski definition) is 6. The number of aliphatic imine (C=N–C) groups is 1. The van der Waals surface area contributed by atoms with Gasteiger partial charge in [-0.1, -0.05) is 61.9 Å². The van der Waals surface area contributed by atoms with Crippen LogP contribution < -0.4 is 0 Å². The molecular formula is C25H28N6O2. The third-order valence-electron chi connectivity index (χ3n) is 6.64. The van der Waals surface area contributed by atoms with Gasteiger partial charge in [-0.15, -0.1) is 10.2 Å². The highest BCUT2D eigenvalue weighted by molar-refractivity contribution is 6.08. The topological polar surface area (TPSA) is 107 Å². The van der Waals surface area contributed by atoms with E-state index in [0.29, 0.717) is 31.6 Å². The van der Waals surface area contributed by atoms with Crippen molar-refractivity contribution in [1.82, 2.24) is 25.5 Å². The number of nitrogens with zero attached hydrogens (tertiary/aromatic N) is 5. The minimum Gasteiger partial charge on any atom is -0.393 e. The highest BCUT2D eigenvalue weighted by Gasteiger charge is 2.51. The zero-order valence-electron chi connectivity index (χ0n) is 18.7. The van der Waals surface area contributed by atoms with Gasteiger partial charge in [0.15, 0.2) is 0 Å². The molecule has 0 radical (unpaired) electrons. The summed E-state index contributed by atoms with van der Waals surface area (Å²) in [4.78, 5) is 20.1. The molecule has 3 aromatic rings. The van der Waals surface area contributed by atoms with Crippen molar-refractivity contribution >= 4 is 11.7 Å². The van der Waals surface area contributed by atoms with E-state index in [2.05, 4.69) is 51.8 Å². The Hall–Kier alpha value is -3.39. The molecule has 2 heterocycles. The van der Waals surface area contributed by atoms with E-state index in [9.17, 15) is 9.90 Å². The second-order valence-electron chi connectivity index (χ2n) is 8.93. The summed E-state index contributed by atoms with van der Waals surface area (Å²) in [6.07, 6.45) is 4.09. The molecule has 1 amide bonds. The summed E-state index contributed by atoms with van der Waals surface area (Å²) in [6, 6.07) is 16.2. The molecule has 0 saturated heterocycles. The van der Waals surface area contributed by atoms with E-state index in [4.69, 9.17) is 4.99 Å². The number of H-pyrrole nitrogens is 1. The van der Waals surface area contributed by atoms with Crippen molar-refractivity contribution in [3.8, 4) is 22.5 Å². The summed E-state index contributed by atoms with van der Waals surface area (Å²) in [5.74, 6) is 1.46. The maximum absolute atomic E-state index is 13.4. The fourth-order valence-corrected chi connectivity index (χ4v) is 4.89. The molecule has 2 aliphatic rings. The highest BCUT2D eigenvalue weighted by atomic mass is 16.3. The molecule has 170 valence electrons. The summed E-state index contributed by atoms with van der Waals surface area (Å²) in [5.41, 5.74) is 3.26. The first-order valence-corrected chi connectivity index (χ1v) is 11.6. The van der Waals surface area contributed by atoms with Crippen LogP contribution in [0.4, 0.5) is 0 Å². The van der Waals surface area contributed by atoms with E-state index in [1.807, 2.05) is 29.2 Å². The Morgan fingerprint density at radius 1 is 1.15 bits per heavy atom. The standard InChI is InChI=1S/C25H28N6O2/c1-2-3-8-22-26-25(14-13-19(32)15-25)24(33)31(22)16-17-9-11-18(12-10-17)20-6-4-5-7-21(20)23-27-29-30-28-23/h4-7,9-12,19,32H,2-3,8,13-16H2,1H3,(H,27,28,29,30). The molecule has 1 fully saturated rings. The number of amidine groups is 1. The van der Waals surface area contributed by atoms with E-state index in [1.54, 1.807) is 0 Å². The van der Waals surface area contributed by atoms with Crippen LogP contribution in [0.5, 0.6) is 0 Å². The van der Waals surface area contributed by atoms with Crippen LogP contribution in [-0.2, 0) is 11.3 Å². The Balaban J connectivity index is 1.38. The van der Waals surface area contributed by atoms with Gasteiger partial charge in [0, 0.05) is 18.4 Å². The molecule has 8 heteroatoms. The number of rotatable bonds is 7. The Morgan fingerprint density at radius 3 is 2.61 bits per heavy atom. The number of nitrogens with one attached hydrogen (secondary N) is 1. The van der Waals surface area contributed by atoms with Crippen LogP contribution in [0.2, 0.25) is 0 Å². The first-order valence-electron chi connectivity index (χ1n) is 11.6. The fraction of sp³-hybridized carbons (Fsp3) is 0.400.